The minimum absolute atomic E-state index is 0.0655. The second-order valence-corrected chi connectivity index (χ2v) is 6.27. The summed E-state index contributed by atoms with van der Waals surface area (Å²) in [6.07, 6.45) is 4.15. The molecule has 0 aliphatic carbocycles. The Balaban J connectivity index is 2.47. The number of nitrogens with one attached hydrogen (secondary N) is 1. The molecule has 1 aromatic carbocycles. The maximum atomic E-state index is 12.2. The van der Waals surface area contributed by atoms with Gasteiger partial charge in [-0.05, 0) is 49.9 Å². The van der Waals surface area contributed by atoms with Gasteiger partial charge in [0.05, 0.1) is 0 Å². The van der Waals surface area contributed by atoms with E-state index in [1.165, 1.54) is 19.3 Å². The van der Waals surface area contributed by atoms with Gasteiger partial charge >= 0.3 is 0 Å². The fraction of sp³-hybridized carbons (Fsp3) is 0.611. The van der Waals surface area contributed by atoms with Gasteiger partial charge in [-0.25, -0.2) is 0 Å². The molecule has 2 atom stereocenters. The minimum Gasteiger partial charge on any atom is -0.481 e. The quantitative estimate of drug-likeness (QED) is 0.711. The average molecular weight is 326 g/mol. The van der Waals surface area contributed by atoms with Crippen molar-refractivity contribution in [3.05, 3.63) is 28.8 Å². The molecule has 0 aliphatic heterocycles. The Labute approximate surface area is 139 Å². The van der Waals surface area contributed by atoms with Gasteiger partial charge < -0.3 is 10.1 Å². The molecule has 0 radical (unpaired) electrons. The molecule has 124 valence electrons. The zero-order valence-electron chi connectivity index (χ0n) is 14.1. The van der Waals surface area contributed by atoms with Crippen LogP contribution >= 0.6 is 11.6 Å². The summed E-state index contributed by atoms with van der Waals surface area (Å²) < 4.78 is 5.74. The Morgan fingerprint density at radius 1 is 1.36 bits per heavy atom. The second kappa shape index (κ2) is 9.73. The van der Waals surface area contributed by atoms with Gasteiger partial charge in [-0.15, -0.1) is 0 Å². The molecule has 1 amide bonds. The topological polar surface area (TPSA) is 38.3 Å². The maximum absolute atomic E-state index is 12.2. The van der Waals surface area contributed by atoms with Gasteiger partial charge in [0, 0.05) is 11.6 Å². The van der Waals surface area contributed by atoms with Crippen molar-refractivity contribution in [2.45, 2.75) is 59.5 Å². The molecular formula is C18H28ClNO2. The highest BCUT2D eigenvalue weighted by Crippen LogP contribution is 2.22. The Kier molecular flexibility index (Phi) is 8.32. The lowest BCUT2D eigenvalue weighted by atomic mass is 9.99. The van der Waals surface area contributed by atoms with E-state index in [1.807, 2.05) is 13.0 Å². The van der Waals surface area contributed by atoms with Crippen LogP contribution in [0.1, 0.15) is 52.0 Å². The van der Waals surface area contributed by atoms with Crippen LogP contribution < -0.4 is 10.1 Å². The van der Waals surface area contributed by atoms with Crippen LogP contribution in [0.2, 0.25) is 5.02 Å². The van der Waals surface area contributed by atoms with E-state index < -0.39 is 6.10 Å². The molecule has 0 spiro atoms. The van der Waals surface area contributed by atoms with E-state index in [4.69, 9.17) is 16.3 Å². The summed E-state index contributed by atoms with van der Waals surface area (Å²) in [5.74, 6) is 1.18. The Morgan fingerprint density at radius 2 is 2.09 bits per heavy atom. The van der Waals surface area contributed by atoms with Crippen LogP contribution in [-0.2, 0) is 4.79 Å². The van der Waals surface area contributed by atoms with Crippen LogP contribution in [0, 0.1) is 12.8 Å². The number of benzene rings is 1. The summed E-state index contributed by atoms with van der Waals surface area (Å²) >= 11 is 5.92. The van der Waals surface area contributed by atoms with Crippen molar-refractivity contribution in [1.29, 1.82) is 0 Å². The number of rotatable bonds is 9. The standard InChI is InChI=1S/C18H28ClNO2/c1-5-7-8-15(6-2)12-20-18(21)14(4)22-17-10-9-16(19)11-13(17)3/h9-11,14-15H,5-8,12H2,1-4H3,(H,20,21)/t14-,15+/m1/s1. The molecule has 0 aliphatic rings. The van der Waals surface area contributed by atoms with Crippen LogP contribution in [0.3, 0.4) is 0 Å². The van der Waals surface area contributed by atoms with E-state index in [-0.39, 0.29) is 5.91 Å². The average Bonchev–Trinajstić information content (AvgIpc) is 2.49. The summed E-state index contributed by atoms with van der Waals surface area (Å²) in [6.45, 7) is 8.78. The van der Waals surface area contributed by atoms with Gasteiger partial charge in [-0.1, -0.05) is 44.7 Å². The van der Waals surface area contributed by atoms with Crippen LogP contribution in [0.15, 0.2) is 18.2 Å². The van der Waals surface area contributed by atoms with Gasteiger partial charge in [0.25, 0.3) is 5.91 Å². The van der Waals surface area contributed by atoms with Crippen molar-refractivity contribution in [1.82, 2.24) is 5.32 Å². The first-order chi connectivity index (χ1) is 10.5. The third-order valence-corrected chi connectivity index (χ3v) is 4.15. The van der Waals surface area contributed by atoms with E-state index in [0.717, 1.165) is 18.5 Å². The van der Waals surface area contributed by atoms with E-state index in [2.05, 4.69) is 19.2 Å². The third-order valence-electron chi connectivity index (χ3n) is 3.92. The maximum Gasteiger partial charge on any atom is 0.260 e. The SMILES string of the molecule is CCCC[C@H](CC)CNC(=O)[C@@H](C)Oc1ccc(Cl)cc1C. The molecule has 4 heteroatoms. The molecule has 0 aromatic heterocycles. The molecule has 1 aromatic rings. The lowest BCUT2D eigenvalue weighted by molar-refractivity contribution is -0.127. The zero-order valence-corrected chi connectivity index (χ0v) is 14.9. The molecule has 0 saturated carbocycles. The summed E-state index contributed by atoms with van der Waals surface area (Å²) in [5.41, 5.74) is 0.932. The first kappa shape index (κ1) is 18.8. The van der Waals surface area contributed by atoms with Crippen molar-refractivity contribution in [2.24, 2.45) is 5.92 Å². The monoisotopic (exact) mass is 325 g/mol. The molecule has 1 N–H and O–H groups in total. The van der Waals surface area contributed by atoms with Gasteiger partial charge in [0.1, 0.15) is 5.75 Å². The molecule has 0 unspecified atom stereocenters. The summed E-state index contributed by atoms with van der Waals surface area (Å²) in [6, 6.07) is 5.41. The number of hydrogen-bond donors (Lipinski definition) is 1. The smallest absolute Gasteiger partial charge is 0.260 e. The number of hydrogen-bond acceptors (Lipinski definition) is 2. The van der Waals surface area contributed by atoms with Crippen molar-refractivity contribution in [3.8, 4) is 5.75 Å². The van der Waals surface area contributed by atoms with E-state index in [9.17, 15) is 4.79 Å². The normalized spacial score (nSPS) is 13.5. The van der Waals surface area contributed by atoms with E-state index in [1.54, 1.807) is 19.1 Å². The molecule has 0 bridgehead atoms. The lowest BCUT2D eigenvalue weighted by Crippen LogP contribution is -2.38. The summed E-state index contributed by atoms with van der Waals surface area (Å²) in [7, 11) is 0. The minimum atomic E-state index is -0.511. The van der Waals surface area contributed by atoms with Gasteiger partial charge in [0.2, 0.25) is 0 Å². The van der Waals surface area contributed by atoms with Crippen LogP contribution in [-0.4, -0.2) is 18.6 Å². The van der Waals surface area contributed by atoms with Crippen molar-refractivity contribution in [2.75, 3.05) is 6.54 Å². The summed E-state index contributed by atoms with van der Waals surface area (Å²) in [5, 5.41) is 3.67. The van der Waals surface area contributed by atoms with Gasteiger partial charge in [-0.3, -0.25) is 4.79 Å². The van der Waals surface area contributed by atoms with E-state index in [0.29, 0.717) is 16.7 Å². The Hall–Kier alpha value is -1.22. The van der Waals surface area contributed by atoms with Crippen molar-refractivity contribution < 1.29 is 9.53 Å². The number of carbonyl (C=O) groups excluding carboxylic acids is 1. The second-order valence-electron chi connectivity index (χ2n) is 5.83. The Bertz CT molecular complexity index is 476. The van der Waals surface area contributed by atoms with E-state index >= 15 is 0 Å². The molecule has 0 saturated heterocycles. The lowest BCUT2D eigenvalue weighted by Gasteiger charge is -2.19. The number of halogens is 1. The summed E-state index contributed by atoms with van der Waals surface area (Å²) in [4.78, 5) is 12.2. The van der Waals surface area contributed by atoms with Crippen molar-refractivity contribution >= 4 is 17.5 Å². The van der Waals surface area contributed by atoms with Crippen LogP contribution in [0.25, 0.3) is 0 Å². The largest absolute Gasteiger partial charge is 0.481 e. The number of unbranched alkanes of at least 4 members (excludes halogenated alkanes) is 1. The zero-order chi connectivity index (χ0) is 16.5. The highest BCUT2D eigenvalue weighted by atomic mass is 35.5. The predicted molar refractivity (Wildman–Crippen MR) is 92.6 cm³/mol. The predicted octanol–water partition coefficient (Wildman–Crippen LogP) is 4.75. The van der Waals surface area contributed by atoms with Gasteiger partial charge in [-0.2, -0.15) is 0 Å². The highest BCUT2D eigenvalue weighted by molar-refractivity contribution is 6.30. The fourth-order valence-corrected chi connectivity index (χ4v) is 2.55. The molecule has 0 heterocycles. The molecule has 3 nitrogen and oxygen atoms in total. The number of amides is 1. The van der Waals surface area contributed by atoms with Gasteiger partial charge in [0.15, 0.2) is 6.10 Å². The van der Waals surface area contributed by atoms with Crippen LogP contribution in [0.5, 0.6) is 5.75 Å². The number of carbonyl (C=O) groups is 1. The molecule has 1 rings (SSSR count). The highest BCUT2D eigenvalue weighted by Gasteiger charge is 2.17. The first-order valence-electron chi connectivity index (χ1n) is 8.18. The van der Waals surface area contributed by atoms with Crippen LogP contribution in [0.4, 0.5) is 0 Å². The third kappa shape index (κ3) is 6.27. The molecular weight excluding hydrogens is 298 g/mol. The molecule has 0 fully saturated rings. The first-order valence-corrected chi connectivity index (χ1v) is 8.56. The van der Waals surface area contributed by atoms with Crippen molar-refractivity contribution in [3.63, 3.8) is 0 Å². The Morgan fingerprint density at radius 3 is 2.68 bits per heavy atom. The molecule has 22 heavy (non-hydrogen) atoms. The number of aryl methyl sites for hydroxylation is 1. The number of ether oxygens (including phenoxy) is 1. The fourth-order valence-electron chi connectivity index (χ4n) is 2.32.